The molecule has 0 saturated heterocycles. The first-order chi connectivity index (χ1) is 9.06. The second-order valence-electron chi connectivity index (χ2n) is 3.77. The molecule has 0 aliphatic heterocycles. The van der Waals surface area contributed by atoms with Crippen LogP contribution >= 0.6 is 11.6 Å². The molecule has 6 nitrogen and oxygen atoms in total. The summed E-state index contributed by atoms with van der Waals surface area (Å²) in [5.41, 5.74) is 4.44. The molecular formula is C12H10ClN3O3. The lowest BCUT2D eigenvalue weighted by atomic mass is 10.2. The predicted molar refractivity (Wildman–Crippen MR) is 72.8 cm³/mol. The Bertz CT molecular complexity index is 637. The molecule has 0 amide bonds. The maximum Gasteiger partial charge on any atom is 0.433 e. The second-order valence-corrected chi connectivity index (χ2v) is 4.17. The Hall–Kier alpha value is -2.34. The standard InChI is InChI=1S/C12H10ClN3O3/c1-8-2-3-9(6-11(8)13)15-14-7-10-4-5-12(19-10)16(17)18/h2-7,15H,1H3/b14-7-. The monoisotopic (exact) mass is 279 g/mol. The largest absolute Gasteiger partial charge is 0.433 e. The van der Waals surface area contributed by atoms with Crippen LogP contribution in [0.15, 0.2) is 39.9 Å². The van der Waals surface area contributed by atoms with Gasteiger partial charge < -0.3 is 4.42 Å². The Kier molecular flexibility index (Phi) is 3.82. The van der Waals surface area contributed by atoms with Crippen LogP contribution in [0, 0.1) is 17.0 Å². The molecule has 0 aliphatic carbocycles. The molecular weight excluding hydrogens is 270 g/mol. The van der Waals surface area contributed by atoms with Gasteiger partial charge >= 0.3 is 5.88 Å². The molecule has 7 heteroatoms. The fourth-order valence-electron chi connectivity index (χ4n) is 1.34. The Morgan fingerprint density at radius 2 is 2.21 bits per heavy atom. The number of halogens is 1. The third kappa shape index (κ3) is 3.32. The van der Waals surface area contributed by atoms with Gasteiger partial charge in [0.2, 0.25) is 0 Å². The molecule has 0 spiro atoms. The summed E-state index contributed by atoms with van der Waals surface area (Å²) in [6.45, 7) is 1.90. The van der Waals surface area contributed by atoms with Gasteiger partial charge in [-0.1, -0.05) is 17.7 Å². The van der Waals surface area contributed by atoms with Crippen LogP contribution in [-0.2, 0) is 0 Å². The first kappa shape index (κ1) is 13.1. The molecule has 0 fully saturated rings. The molecule has 2 aromatic rings. The molecule has 1 N–H and O–H groups in total. The van der Waals surface area contributed by atoms with Crippen molar-refractivity contribution in [2.75, 3.05) is 5.43 Å². The van der Waals surface area contributed by atoms with Crippen LogP contribution in [0.25, 0.3) is 0 Å². The van der Waals surface area contributed by atoms with Crippen molar-refractivity contribution in [3.63, 3.8) is 0 Å². The molecule has 19 heavy (non-hydrogen) atoms. The predicted octanol–water partition coefficient (Wildman–Crippen LogP) is 3.60. The molecule has 0 bridgehead atoms. The van der Waals surface area contributed by atoms with Crippen LogP contribution in [0.1, 0.15) is 11.3 Å². The van der Waals surface area contributed by atoms with Gasteiger partial charge in [0, 0.05) is 5.02 Å². The van der Waals surface area contributed by atoms with Gasteiger partial charge in [-0.05, 0) is 30.7 Å². The van der Waals surface area contributed by atoms with E-state index in [2.05, 4.69) is 10.5 Å². The molecule has 1 heterocycles. The lowest BCUT2D eigenvalue weighted by molar-refractivity contribution is -0.402. The number of nitro groups is 1. The van der Waals surface area contributed by atoms with Gasteiger partial charge in [0.25, 0.3) is 0 Å². The summed E-state index contributed by atoms with van der Waals surface area (Å²) in [5, 5.41) is 15.0. The average molecular weight is 280 g/mol. The maximum absolute atomic E-state index is 10.4. The molecule has 1 aromatic carbocycles. The van der Waals surface area contributed by atoms with Crippen molar-refractivity contribution >= 4 is 29.4 Å². The molecule has 98 valence electrons. The minimum atomic E-state index is -0.607. The van der Waals surface area contributed by atoms with Crippen molar-refractivity contribution in [3.8, 4) is 0 Å². The molecule has 0 aliphatic rings. The van der Waals surface area contributed by atoms with Crippen molar-refractivity contribution < 1.29 is 9.34 Å². The zero-order valence-electron chi connectivity index (χ0n) is 9.96. The van der Waals surface area contributed by atoms with E-state index in [1.54, 1.807) is 6.07 Å². The van der Waals surface area contributed by atoms with Crippen molar-refractivity contribution in [1.82, 2.24) is 0 Å². The Morgan fingerprint density at radius 3 is 2.84 bits per heavy atom. The Morgan fingerprint density at radius 1 is 1.42 bits per heavy atom. The van der Waals surface area contributed by atoms with E-state index in [1.165, 1.54) is 18.3 Å². The van der Waals surface area contributed by atoms with E-state index in [9.17, 15) is 10.1 Å². The number of aryl methyl sites for hydroxylation is 1. The highest BCUT2D eigenvalue weighted by Crippen LogP contribution is 2.20. The van der Waals surface area contributed by atoms with Gasteiger partial charge in [0.15, 0.2) is 5.76 Å². The lowest BCUT2D eigenvalue weighted by Gasteiger charge is -2.02. The average Bonchev–Trinajstić information content (AvgIpc) is 2.83. The number of anilines is 1. The van der Waals surface area contributed by atoms with Gasteiger partial charge in [-0.25, -0.2) is 0 Å². The lowest BCUT2D eigenvalue weighted by Crippen LogP contribution is -1.90. The first-order valence-corrected chi connectivity index (χ1v) is 5.73. The van der Waals surface area contributed by atoms with Crippen molar-refractivity contribution in [1.29, 1.82) is 0 Å². The summed E-state index contributed by atoms with van der Waals surface area (Å²) in [7, 11) is 0. The van der Waals surface area contributed by atoms with E-state index in [-0.39, 0.29) is 11.6 Å². The van der Waals surface area contributed by atoms with Crippen LogP contribution < -0.4 is 5.43 Å². The SMILES string of the molecule is Cc1ccc(N/N=C\c2ccc([N+](=O)[O-])o2)cc1Cl. The van der Waals surface area contributed by atoms with Gasteiger partial charge in [-0.2, -0.15) is 5.10 Å². The summed E-state index contributed by atoms with van der Waals surface area (Å²) in [6, 6.07) is 8.15. The van der Waals surface area contributed by atoms with Gasteiger partial charge in [0.05, 0.1) is 18.0 Å². The molecule has 0 saturated carbocycles. The van der Waals surface area contributed by atoms with Crippen molar-refractivity contribution in [3.05, 3.63) is 56.8 Å². The second kappa shape index (κ2) is 5.53. The van der Waals surface area contributed by atoms with E-state index in [1.807, 2.05) is 19.1 Å². The summed E-state index contributed by atoms with van der Waals surface area (Å²) in [5.74, 6) is -0.0303. The maximum atomic E-state index is 10.4. The molecule has 0 unspecified atom stereocenters. The normalized spacial score (nSPS) is 10.8. The fraction of sp³-hybridized carbons (Fsp3) is 0.0833. The number of hydrogen-bond donors (Lipinski definition) is 1. The van der Waals surface area contributed by atoms with E-state index >= 15 is 0 Å². The van der Waals surface area contributed by atoms with Gasteiger partial charge in [-0.15, -0.1) is 0 Å². The van der Waals surface area contributed by atoms with Gasteiger partial charge in [0.1, 0.15) is 4.92 Å². The highest BCUT2D eigenvalue weighted by Gasteiger charge is 2.10. The third-order valence-electron chi connectivity index (χ3n) is 2.35. The number of hydrogen-bond acceptors (Lipinski definition) is 5. The third-order valence-corrected chi connectivity index (χ3v) is 2.76. The van der Waals surface area contributed by atoms with E-state index in [0.29, 0.717) is 10.7 Å². The van der Waals surface area contributed by atoms with Gasteiger partial charge in [-0.3, -0.25) is 15.5 Å². The fourth-order valence-corrected chi connectivity index (χ4v) is 1.52. The number of hydrazone groups is 1. The zero-order chi connectivity index (χ0) is 13.8. The Balaban J connectivity index is 2.02. The van der Waals surface area contributed by atoms with Crippen molar-refractivity contribution in [2.45, 2.75) is 6.92 Å². The molecule has 2 rings (SSSR count). The van der Waals surface area contributed by atoms with Crippen LogP contribution in [0.2, 0.25) is 5.02 Å². The number of nitrogens with one attached hydrogen (secondary N) is 1. The number of furan rings is 1. The number of nitrogens with zero attached hydrogens (tertiary/aromatic N) is 2. The summed E-state index contributed by atoms with van der Waals surface area (Å²) < 4.78 is 4.91. The van der Waals surface area contributed by atoms with Crippen LogP contribution in [-0.4, -0.2) is 11.1 Å². The summed E-state index contributed by atoms with van der Waals surface area (Å²) in [4.78, 5) is 9.81. The van der Waals surface area contributed by atoms with E-state index < -0.39 is 4.92 Å². The highest BCUT2D eigenvalue weighted by atomic mass is 35.5. The van der Waals surface area contributed by atoms with E-state index in [0.717, 1.165) is 5.56 Å². The topological polar surface area (TPSA) is 80.7 Å². The number of benzene rings is 1. The van der Waals surface area contributed by atoms with Crippen molar-refractivity contribution in [2.24, 2.45) is 5.10 Å². The minimum Gasteiger partial charge on any atom is -0.400 e. The van der Waals surface area contributed by atoms with E-state index in [4.69, 9.17) is 16.0 Å². The number of rotatable bonds is 4. The smallest absolute Gasteiger partial charge is 0.400 e. The quantitative estimate of drug-likeness (QED) is 0.527. The summed E-state index contributed by atoms with van der Waals surface area (Å²) in [6.07, 6.45) is 1.35. The summed E-state index contributed by atoms with van der Waals surface area (Å²) >= 11 is 5.96. The molecule has 1 aromatic heterocycles. The highest BCUT2D eigenvalue weighted by molar-refractivity contribution is 6.31. The minimum absolute atomic E-state index is 0.289. The Labute approximate surface area is 113 Å². The van der Waals surface area contributed by atoms with Crippen LogP contribution in [0.3, 0.4) is 0 Å². The van der Waals surface area contributed by atoms with Crippen LogP contribution in [0.5, 0.6) is 0 Å². The zero-order valence-corrected chi connectivity index (χ0v) is 10.7. The first-order valence-electron chi connectivity index (χ1n) is 5.36. The molecule has 0 atom stereocenters. The van der Waals surface area contributed by atoms with Crippen LogP contribution in [0.4, 0.5) is 11.6 Å². The molecule has 0 radical (unpaired) electrons.